The van der Waals surface area contributed by atoms with E-state index < -0.39 is 0 Å². The maximum Gasteiger partial charge on any atom is 0.191 e. The summed E-state index contributed by atoms with van der Waals surface area (Å²) in [4.78, 5) is 6.71. The van der Waals surface area contributed by atoms with E-state index in [1.165, 1.54) is 0 Å². The first-order valence-electron chi connectivity index (χ1n) is 10.3. The number of benzene rings is 2. The number of methoxy groups -OCH3 is 2. The monoisotopic (exact) mass is 412 g/mol. The Morgan fingerprint density at radius 2 is 1.83 bits per heavy atom. The van der Waals surface area contributed by atoms with Gasteiger partial charge in [0.05, 0.1) is 26.5 Å². The van der Waals surface area contributed by atoms with Crippen LogP contribution in [0.2, 0.25) is 0 Å². The Hall–Kier alpha value is -3.09. The van der Waals surface area contributed by atoms with Crippen molar-refractivity contribution < 1.29 is 14.2 Å². The molecule has 7 nitrogen and oxygen atoms in total. The van der Waals surface area contributed by atoms with Gasteiger partial charge in [0.15, 0.2) is 5.96 Å². The molecule has 1 aliphatic rings. The molecule has 0 aromatic heterocycles. The lowest BCUT2D eigenvalue weighted by molar-refractivity contribution is 0.223. The van der Waals surface area contributed by atoms with E-state index in [-0.39, 0.29) is 6.10 Å². The van der Waals surface area contributed by atoms with E-state index >= 15 is 0 Å². The smallest absolute Gasteiger partial charge is 0.191 e. The summed E-state index contributed by atoms with van der Waals surface area (Å²) >= 11 is 0. The quantitative estimate of drug-likeness (QED) is 0.513. The highest BCUT2D eigenvalue weighted by Gasteiger charge is 2.25. The second-order valence-electron chi connectivity index (χ2n) is 7.30. The van der Waals surface area contributed by atoms with Gasteiger partial charge in [-0.3, -0.25) is 4.99 Å². The van der Waals surface area contributed by atoms with Crippen LogP contribution in [-0.2, 0) is 0 Å². The van der Waals surface area contributed by atoms with Crippen molar-refractivity contribution in [2.24, 2.45) is 4.99 Å². The van der Waals surface area contributed by atoms with Crippen LogP contribution in [0.25, 0.3) is 0 Å². The van der Waals surface area contributed by atoms with Crippen LogP contribution in [0.15, 0.2) is 53.5 Å². The second-order valence-corrected chi connectivity index (χ2v) is 7.30. The summed E-state index contributed by atoms with van der Waals surface area (Å²) in [5.41, 5.74) is 1.13. The zero-order valence-electron chi connectivity index (χ0n) is 18.2. The van der Waals surface area contributed by atoms with Crippen molar-refractivity contribution in [3.63, 3.8) is 0 Å². The van der Waals surface area contributed by atoms with Crippen molar-refractivity contribution in [2.45, 2.75) is 25.5 Å². The largest absolute Gasteiger partial charge is 0.497 e. The number of guanidine groups is 1. The topological polar surface area (TPSA) is 67.4 Å². The fourth-order valence-corrected chi connectivity index (χ4v) is 3.54. The number of nitrogens with one attached hydrogen (secondary N) is 2. The molecule has 2 aromatic rings. The van der Waals surface area contributed by atoms with Crippen molar-refractivity contribution in [1.82, 2.24) is 10.6 Å². The third-order valence-corrected chi connectivity index (χ3v) is 5.13. The number of aliphatic imine (C=N–C) groups is 1. The van der Waals surface area contributed by atoms with Crippen LogP contribution < -0.4 is 29.7 Å². The van der Waals surface area contributed by atoms with Gasteiger partial charge in [-0.25, -0.2) is 0 Å². The second kappa shape index (κ2) is 10.6. The Morgan fingerprint density at radius 1 is 1.10 bits per heavy atom. The Bertz CT molecular complexity index is 825. The number of hydrogen-bond acceptors (Lipinski definition) is 5. The molecular formula is C23H32N4O3. The maximum absolute atomic E-state index is 5.96. The van der Waals surface area contributed by atoms with Gasteiger partial charge in [0.25, 0.3) is 0 Å². The summed E-state index contributed by atoms with van der Waals surface area (Å²) in [6, 6.07) is 16.1. The molecule has 162 valence electrons. The number of rotatable bonds is 8. The molecule has 2 aromatic carbocycles. The summed E-state index contributed by atoms with van der Waals surface area (Å²) in [6.45, 7) is 4.56. The molecule has 3 rings (SSSR count). The van der Waals surface area contributed by atoms with Gasteiger partial charge in [-0.05, 0) is 49.7 Å². The molecule has 2 N–H and O–H groups in total. The molecule has 0 amide bonds. The first-order chi connectivity index (χ1) is 14.6. The van der Waals surface area contributed by atoms with E-state index in [0.717, 1.165) is 48.4 Å². The van der Waals surface area contributed by atoms with Gasteiger partial charge in [-0.2, -0.15) is 0 Å². The molecule has 0 bridgehead atoms. The van der Waals surface area contributed by atoms with Crippen LogP contribution in [0.1, 0.15) is 13.3 Å². The summed E-state index contributed by atoms with van der Waals surface area (Å²) in [6.07, 6.45) is 1.03. The van der Waals surface area contributed by atoms with Gasteiger partial charge >= 0.3 is 0 Å². The highest BCUT2D eigenvalue weighted by molar-refractivity contribution is 5.80. The standard InChI is InChI=1S/C23H32N4O3/c1-17(30-20-11-9-19(28-3)10-12-20)15-25-23(24-2)26-18-13-14-27(16-18)21-7-5-6-8-22(21)29-4/h5-12,17-18H,13-16H2,1-4H3,(H2,24,25,26). The van der Waals surface area contributed by atoms with Crippen molar-refractivity contribution >= 4 is 11.6 Å². The van der Waals surface area contributed by atoms with Crippen LogP contribution in [0.3, 0.4) is 0 Å². The molecule has 0 spiro atoms. The van der Waals surface area contributed by atoms with Crippen molar-refractivity contribution in [2.75, 3.05) is 45.8 Å². The van der Waals surface area contributed by atoms with E-state index in [1.54, 1.807) is 21.3 Å². The van der Waals surface area contributed by atoms with E-state index in [2.05, 4.69) is 26.6 Å². The molecule has 0 radical (unpaired) electrons. The Labute approximate surface area is 179 Å². The molecule has 1 fully saturated rings. The minimum Gasteiger partial charge on any atom is -0.497 e. The van der Waals surface area contributed by atoms with Crippen LogP contribution in [0.5, 0.6) is 17.2 Å². The maximum atomic E-state index is 5.96. The molecule has 1 heterocycles. The van der Waals surface area contributed by atoms with Gasteiger partial charge in [0.2, 0.25) is 0 Å². The van der Waals surface area contributed by atoms with Crippen LogP contribution >= 0.6 is 0 Å². The number of anilines is 1. The SMILES string of the molecule is CN=C(NCC(C)Oc1ccc(OC)cc1)NC1CCN(c2ccccc2OC)C1. The van der Waals surface area contributed by atoms with Crippen molar-refractivity contribution in [3.8, 4) is 17.2 Å². The van der Waals surface area contributed by atoms with Crippen LogP contribution in [-0.4, -0.2) is 59.0 Å². The van der Waals surface area contributed by atoms with E-state index in [4.69, 9.17) is 14.2 Å². The van der Waals surface area contributed by atoms with Gasteiger partial charge in [0, 0.05) is 26.2 Å². The van der Waals surface area contributed by atoms with E-state index in [9.17, 15) is 0 Å². The third-order valence-electron chi connectivity index (χ3n) is 5.13. The van der Waals surface area contributed by atoms with E-state index in [0.29, 0.717) is 12.6 Å². The molecule has 1 saturated heterocycles. The first kappa shape index (κ1) is 21.6. The Morgan fingerprint density at radius 3 is 2.53 bits per heavy atom. The zero-order valence-corrected chi connectivity index (χ0v) is 18.2. The van der Waals surface area contributed by atoms with Crippen LogP contribution in [0.4, 0.5) is 5.69 Å². The van der Waals surface area contributed by atoms with Crippen LogP contribution in [0, 0.1) is 0 Å². The normalized spacial score (nSPS) is 17.4. The fraction of sp³-hybridized carbons (Fsp3) is 0.435. The molecular weight excluding hydrogens is 380 g/mol. The molecule has 30 heavy (non-hydrogen) atoms. The van der Waals surface area contributed by atoms with Crippen molar-refractivity contribution in [1.29, 1.82) is 0 Å². The lowest BCUT2D eigenvalue weighted by Crippen LogP contribution is -2.47. The Balaban J connectivity index is 1.46. The summed E-state index contributed by atoms with van der Waals surface area (Å²) in [7, 11) is 5.16. The zero-order chi connectivity index (χ0) is 21.3. The number of hydrogen-bond donors (Lipinski definition) is 2. The molecule has 7 heteroatoms. The van der Waals surface area contributed by atoms with Crippen molar-refractivity contribution in [3.05, 3.63) is 48.5 Å². The van der Waals surface area contributed by atoms with Gasteiger partial charge < -0.3 is 29.7 Å². The predicted octanol–water partition coefficient (Wildman–Crippen LogP) is 2.92. The number of para-hydroxylation sites is 2. The number of nitrogens with zero attached hydrogens (tertiary/aromatic N) is 2. The number of ether oxygens (including phenoxy) is 3. The molecule has 2 atom stereocenters. The summed E-state index contributed by atoms with van der Waals surface area (Å²) in [5, 5.41) is 6.88. The van der Waals surface area contributed by atoms with Gasteiger partial charge in [-0.15, -0.1) is 0 Å². The minimum atomic E-state index is -0.00870. The van der Waals surface area contributed by atoms with Gasteiger partial charge in [-0.1, -0.05) is 12.1 Å². The molecule has 1 aliphatic heterocycles. The summed E-state index contributed by atoms with van der Waals surface area (Å²) < 4.78 is 16.6. The first-order valence-corrected chi connectivity index (χ1v) is 10.3. The lowest BCUT2D eigenvalue weighted by atomic mass is 10.2. The predicted molar refractivity (Wildman–Crippen MR) is 121 cm³/mol. The summed E-state index contributed by atoms with van der Waals surface area (Å²) in [5.74, 6) is 3.32. The average molecular weight is 413 g/mol. The van der Waals surface area contributed by atoms with E-state index in [1.807, 2.05) is 49.4 Å². The van der Waals surface area contributed by atoms with Gasteiger partial charge in [0.1, 0.15) is 23.4 Å². The molecule has 0 aliphatic carbocycles. The molecule has 2 unspecified atom stereocenters. The fourth-order valence-electron chi connectivity index (χ4n) is 3.54. The highest BCUT2D eigenvalue weighted by atomic mass is 16.5. The highest BCUT2D eigenvalue weighted by Crippen LogP contribution is 2.30. The molecule has 0 saturated carbocycles. The Kier molecular flexibility index (Phi) is 7.65. The lowest BCUT2D eigenvalue weighted by Gasteiger charge is -2.23. The third kappa shape index (κ3) is 5.72. The average Bonchev–Trinajstić information content (AvgIpc) is 3.25. The minimum absolute atomic E-state index is 0.00870.